The van der Waals surface area contributed by atoms with Gasteiger partial charge in [0.25, 0.3) is 0 Å². The second-order valence-electron chi connectivity index (χ2n) is 6.05. The summed E-state index contributed by atoms with van der Waals surface area (Å²) in [5.74, 6) is 0. The molecular formula is C17H39Br4N. The zero-order valence-electron chi connectivity index (χ0n) is 14.2. The Bertz CT molecular complexity index is 95.7. The predicted octanol–water partition coefficient (Wildman–Crippen LogP) is 7.75. The van der Waals surface area contributed by atoms with E-state index in [1.165, 1.54) is 109 Å². The van der Waals surface area contributed by atoms with Gasteiger partial charge in [-0.05, 0) is 25.9 Å². The summed E-state index contributed by atoms with van der Waals surface area (Å²) in [5.41, 5.74) is 0. The highest BCUT2D eigenvalue weighted by Crippen LogP contribution is 2.13. The van der Waals surface area contributed by atoms with Crippen LogP contribution in [0.25, 0.3) is 0 Å². The van der Waals surface area contributed by atoms with E-state index in [9.17, 15) is 0 Å². The van der Waals surface area contributed by atoms with Crippen molar-refractivity contribution < 1.29 is 0 Å². The minimum absolute atomic E-state index is 0. The molecule has 0 aromatic rings. The summed E-state index contributed by atoms with van der Waals surface area (Å²) in [6.45, 7) is 2.50. The van der Waals surface area contributed by atoms with Gasteiger partial charge in [-0.15, -0.1) is 67.9 Å². The first-order chi connectivity index (χ1) is 9.00. The van der Waals surface area contributed by atoms with Crippen molar-refractivity contribution in [3.05, 3.63) is 0 Å². The Hall–Kier alpha value is 1.88. The minimum Gasteiger partial charge on any atom is -0.317 e. The van der Waals surface area contributed by atoms with Crippen molar-refractivity contribution in [3.63, 3.8) is 0 Å². The summed E-state index contributed by atoms with van der Waals surface area (Å²) in [4.78, 5) is 0. The molecule has 1 fully saturated rings. The van der Waals surface area contributed by atoms with E-state index in [0.29, 0.717) is 0 Å². The van der Waals surface area contributed by atoms with E-state index in [4.69, 9.17) is 0 Å². The molecule has 1 saturated heterocycles. The van der Waals surface area contributed by atoms with Crippen molar-refractivity contribution in [3.8, 4) is 0 Å². The maximum absolute atomic E-state index is 3.59. The molecule has 0 bridgehead atoms. The summed E-state index contributed by atoms with van der Waals surface area (Å²) in [6.07, 6.45) is 21.9. The van der Waals surface area contributed by atoms with Crippen LogP contribution in [-0.2, 0) is 0 Å². The van der Waals surface area contributed by atoms with Gasteiger partial charge < -0.3 is 5.32 Å². The molecule has 0 saturated carbocycles. The van der Waals surface area contributed by atoms with Gasteiger partial charge in [0.15, 0.2) is 0 Å². The molecule has 0 unspecified atom stereocenters. The standard InChI is InChI=1S/C17H35N.4BrH/c1-2-4-6-8-10-12-14-16-18-17-15-13-11-9-7-5-3-1;;;;/h18H,1-17H2;4*1H. The third kappa shape index (κ3) is 24.1. The molecular weight excluding hydrogens is 538 g/mol. The fourth-order valence-corrected chi connectivity index (χ4v) is 2.92. The highest BCUT2D eigenvalue weighted by Gasteiger charge is 1.96. The average Bonchev–Trinajstić information content (AvgIpc) is 2.39. The van der Waals surface area contributed by atoms with Gasteiger partial charge in [0.1, 0.15) is 0 Å². The lowest BCUT2D eigenvalue weighted by Gasteiger charge is -2.06. The summed E-state index contributed by atoms with van der Waals surface area (Å²) in [7, 11) is 0. The first-order valence-electron chi connectivity index (χ1n) is 8.71. The molecule has 140 valence electrons. The molecule has 0 aromatic carbocycles. The molecule has 1 aliphatic rings. The van der Waals surface area contributed by atoms with E-state index in [-0.39, 0.29) is 67.9 Å². The minimum atomic E-state index is 0. The lowest BCUT2D eigenvalue weighted by atomic mass is 10.0. The Labute approximate surface area is 181 Å². The Balaban J connectivity index is -0.000000405. The van der Waals surface area contributed by atoms with Gasteiger partial charge in [0, 0.05) is 0 Å². The number of halogens is 4. The van der Waals surface area contributed by atoms with Gasteiger partial charge in [-0.25, -0.2) is 0 Å². The fraction of sp³-hybridized carbons (Fsp3) is 1.00. The van der Waals surface area contributed by atoms with E-state index in [0.717, 1.165) is 0 Å². The summed E-state index contributed by atoms with van der Waals surface area (Å²) < 4.78 is 0. The van der Waals surface area contributed by atoms with Crippen molar-refractivity contribution in [1.29, 1.82) is 0 Å². The van der Waals surface area contributed by atoms with E-state index in [1.807, 2.05) is 0 Å². The van der Waals surface area contributed by atoms with Crippen LogP contribution >= 0.6 is 67.9 Å². The summed E-state index contributed by atoms with van der Waals surface area (Å²) >= 11 is 0. The quantitative estimate of drug-likeness (QED) is 0.311. The van der Waals surface area contributed by atoms with Gasteiger partial charge in [-0.2, -0.15) is 0 Å². The first kappa shape index (κ1) is 31.6. The van der Waals surface area contributed by atoms with Gasteiger partial charge in [-0.1, -0.05) is 83.5 Å². The van der Waals surface area contributed by atoms with Crippen LogP contribution in [0.15, 0.2) is 0 Å². The molecule has 0 atom stereocenters. The largest absolute Gasteiger partial charge is 0.317 e. The van der Waals surface area contributed by atoms with Crippen molar-refractivity contribution in [1.82, 2.24) is 5.32 Å². The van der Waals surface area contributed by atoms with Crippen molar-refractivity contribution in [2.24, 2.45) is 0 Å². The van der Waals surface area contributed by atoms with Gasteiger partial charge in [-0.3, -0.25) is 0 Å². The lowest BCUT2D eigenvalue weighted by molar-refractivity contribution is 0.509. The highest BCUT2D eigenvalue weighted by atomic mass is 79.9. The molecule has 0 aromatic heterocycles. The molecule has 1 rings (SSSR count). The third-order valence-electron chi connectivity index (χ3n) is 4.21. The molecule has 1 aliphatic heterocycles. The molecule has 1 heterocycles. The van der Waals surface area contributed by atoms with Crippen LogP contribution in [0.3, 0.4) is 0 Å². The maximum atomic E-state index is 3.59. The second kappa shape index (κ2) is 27.7. The Kier molecular flexibility index (Phi) is 39.8. The van der Waals surface area contributed by atoms with Crippen LogP contribution in [0.5, 0.6) is 0 Å². The zero-order chi connectivity index (χ0) is 12.7. The highest BCUT2D eigenvalue weighted by molar-refractivity contribution is 8.93. The van der Waals surface area contributed by atoms with Gasteiger partial charge in [0.2, 0.25) is 0 Å². The lowest BCUT2D eigenvalue weighted by Crippen LogP contribution is -2.16. The van der Waals surface area contributed by atoms with Crippen LogP contribution in [0.4, 0.5) is 0 Å². The Morgan fingerprint density at radius 3 is 0.682 bits per heavy atom. The molecule has 0 radical (unpaired) electrons. The molecule has 0 amide bonds. The van der Waals surface area contributed by atoms with Gasteiger partial charge >= 0.3 is 0 Å². The van der Waals surface area contributed by atoms with E-state index >= 15 is 0 Å². The smallest absolute Gasteiger partial charge is 0.00489 e. The van der Waals surface area contributed by atoms with E-state index in [1.54, 1.807) is 0 Å². The predicted molar refractivity (Wildman–Crippen MR) is 123 cm³/mol. The Morgan fingerprint density at radius 2 is 0.455 bits per heavy atom. The average molecular weight is 577 g/mol. The second-order valence-corrected chi connectivity index (χ2v) is 6.05. The number of nitrogens with one attached hydrogen (secondary N) is 1. The number of hydrogen-bond acceptors (Lipinski definition) is 1. The van der Waals surface area contributed by atoms with Crippen LogP contribution in [0.1, 0.15) is 96.3 Å². The van der Waals surface area contributed by atoms with Crippen LogP contribution in [-0.4, -0.2) is 13.1 Å². The molecule has 1 N–H and O–H groups in total. The van der Waals surface area contributed by atoms with Crippen molar-refractivity contribution in [2.75, 3.05) is 13.1 Å². The van der Waals surface area contributed by atoms with E-state index in [2.05, 4.69) is 5.32 Å². The van der Waals surface area contributed by atoms with Crippen molar-refractivity contribution in [2.45, 2.75) is 96.3 Å². The zero-order valence-corrected chi connectivity index (χ0v) is 21.0. The van der Waals surface area contributed by atoms with E-state index < -0.39 is 0 Å². The number of rotatable bonds is 0. The van der Waals surface area contributed by atoms with Crippen LogP contribution in [0, 0.1) is 0 Å². The molecule has 0 spiro atoms. The monoisotopic (exact) mass is 573 g/mol. The normalized spacial score (nSPS) is 19.6. The molecule has 22 heavy (non-hydrogen) atoms. The first-order valence-corrected chi connectivity index (χ1v) is 8.71. The maximum Gasteiger partial charge on any atom is -0.00489 e. The molecule has 1 nitrogen and oxygen atoms in total. The third-order valence-corrected chi connectivity index (χ3v) is 4.21. The molecule has 0 aliphatic carbocycles. The SMILES string of the molecule is Br.Br.Br.Br.C1CCCCCCCCNCCCCCCCC1. The van der Waals surface area contributed by atoms with Gasteiger partial charge in [0.05, 0.1) is 0 Å². The van der Waals surface area contributed by atoms with Crippen molar-refractivity contribution >= 4 is 67.9 Å². The molecule has 5 heteroatoms. The summed E-state index contributed by atoms with van der Waals surface area (Å²) in [6, 6.07) is 0. The fourth-order valence-electron chi connectivity index (χ4n) is 2.92. The van der Waals surface area contributed by atoms with Crippen LogP contribution < -0.4 is 5.32 Å². The Morgan fingerprint density at radius 1 is 0.273 bits per heavy atom. The van der Waals surface area contributed by atoms with Crippen LogP contribution in [0.2, 0.25) is 0 Å². The topological polar surface area (TPSA) is 12.0 Å². The summed E-state index contributed by atoms with van der Waals surface area (Å²) in [5, 5.41) is 3.59. The number of hydrogen-bond donors (Lipinski definition) is 1.